The Morgan fingerprint density at radius 3 is 2.07 bits per heavy atom. The third-order valence-electron chi connectivity index (χ3n) is 3.15. The van der Waals surface area contributed by atoms with E-state index in [1.807, 2.05) is 6.92 Å². The van der Waals surface area contributed by atoms with Crippen molar-refractivity contribution in [1.82, 2.24) is 0 Å². The first-order chi connectivity index (χ1) is 6.02. The van der Waals surface area contributed by atoms with Crippen molar-refractivity contribution in [1.29, 1.82) is 0 Å². The molecule has 0 aromatic rings. The maximum absolute atomic E-state index is 10.6. The van der Waals surface area contributed by atoms with Gasteiger partial charge in [-0.05, 0) is 0 Å². The second-order valence-electron chi connectivity index (χ2n) is 4.29. The Hall–Kier alpha value is 0.774. The fourth-order valence-electron chi connectivity index (χ4n) is 1.43. The average molecular weight is 272 g/mol. The molecule has 0 aliphatic heterocycles. The maximum atomic E-state index is 10.6. The molecule has 0 N–H and O–H groups in total. The molecule has 1 radical (unpaired) electrons. The van der Waals surface area contributed by atoms with Crippen molar-refractivity contribution >= 4 is 6.29 Å². The van der Waals surface area contributed by atoms with Crippen LogP contribution in [0.5, 0.6) is 0 Å². The van der Waals surface area contributed by atoms with Gasteiger partial charge in [0.2, 0.25) is 0 Å². The summed E-state index contributed by atoms with van der Waals surface area (Å²) in [4.78, 5) is 10.6. The summed E-state index contributed by atoms with van der Waals surface area (Å²) in [5.41, 5.74) is 0. The molecule has 14 heavy (non-hydrogen) atoms. The molecule has 1 nitrogen and oxygen atoms in total. The van der Waals surface area contributed by atoms with Crippen molar-refractivity contribution in [3.8, 4) is 0 Å². The normalized spacial score (nSPS) is 18.9. The topological polar surface area (TPSA) is 17.1 Å². The van der Waals surface area contributed by atoms with E-state index >= 15 is 0 Å². The zero-order valence-corrected chi connectivity index (χ0v) is 13.0. The van der Waals surface area contributed by atoms with E-state index in [2.05, 4.69) is 34.1 Å². The summed E-state index contributed by atoms with van der Waals surface area (Å²) in [7, 11) is 0. The Morgan fingerprint density at radius 1 is 1.21 bits per heavy atom. The van der Waals surface area contributed by atoms with Crippen LogP contribution in [0, 0.1) is 30.1 Å². The minimum atomic E-state index is 0. The number of hydrogen-bond donors (Lipinski definition) is 0. The van der Waals surface area contributed by atoms with Gasteiger partial charge in [-0.2, -0.15) is 11.8 Å². The number of carbonyl (C=O) groups excluding carboxylic acids is 1. The van der Waals surface area contributed by atoms with Crippen LogP contribution in [0.4, 0.5) is 0 Å². The molecule has 81 valence electrons. The molecule has 0 aromatic heterocycles. The van der Waals surface area contributed by atoms with Crippen LogP contribution in [0.3, 0.4) is 0 Å². The minimum absolute atomic E-state index is 0. The molecule has 0 fully saturated rings. The van der Waals surface area contributed by atoms with E-state index in [9.17, 15) is 4.79 Å². The van der Waals surface area contributed by atoms with Gasteiger partial charge in [0.05, 0.1) is 0 Å². The predicted molar refractivity (Wildman–Crippen MR) is 57.3 cm³/mol. The zero-order valence-electron chi connectivity index (χ0n) is 10.2. The van der Waals surface area contributed by atoms with Gasteiger partial charge in [-0.15, -0.1) is 0 Å². The van der Waals surface area contributed by atoms with Gasteiger partial charge in [0.15, 0.2) is 0 Å². The molecule has 4 atom stereocenters. The number of rotatable bonds is 6. The first-order valence-electron chi connectivity index (χ1n) is 5.33. The number of carbonyl (C=O) groups is 1. The van der Waals surface area contributed by atoms with Crippen LogP contribution in [0.2, 0.25) is 0 Å². The Morgan fingerprint density at radius 2 is 1.71 bits per heavy atom. The van der Waals surface area contributed by atoms with E-state index in [-0.39, 0.29) is 38.6 Å². The first kappa shape index (κ1) is 17.2. The van der Waals surface area contributed by atoms with Crippen LogP contribution in [0.15, 0.2) is 0 Å². The molecule has 0 heterocycles. The molecule has 0 spiro atoms. The molecule has 0 rings (SSSR count). The van der Waals surface area contributed by atoms with E-state index in [0.29, 0.717) is 17.8 Å². The second kappa shape index (κ2) is 9.03. The van der Waals surface area contributed by atoms with Gasteiger partial charge in [-0.1, -0.05) is 47.0 Å². The van der Waals surface area contributed by atoms with E-state index in [1.54, 1.807) is 0 Å². The van der Waals surface area contributed by atoms with Gasteiger partial charge in [0, 0.05) is 38.6 Å². The Labute approximate surface area is 114 Å². The molecule has 0 bridgehead atoms. The molecule has 0 aromatic carbocycles. The van der Waals surface area contributed by atoms with Gasteiger partial charge in [0.1, 0.15) is 6.29 Å². The van der Waals surface area contributed by atoms with E-state index in [4.69, 9.17) is 0 Å². The van der Waals surface area contributed by atoms with Crippen LogP contribution in [0.25, 0.3) is 0 Å². The van der Waals surface area contributed by atoms with Crippen LogP contribution >= 0.6 is 0 Å². The summed E-state index contributed by atoms with van der Waals surface area (Å²) < 4.78 is 0. The molecule has 0 saturated carbocycles. The molecule has 4 unspecified atom stereocenters. The average Bonchev–Trinajstić information content (AvgIpc) is 2.14. The molecule has 0 saturated heterocycles. The monoisotopic (exact) mass is 272 g/mol. The third kappa shape index (κ3) is 6.29. The van der Waals surface area contributed by atoms with E-state index in [1.165, 1.54) is 6.42 Å². The maximum Gasteiger partial charge on any atom is 0.122 e. The summed E-state index contributed by atoms with van der Waals surface area (Å²) in [6.07, 6.45) is 4.61. The number of aldehydes is 1. The van der Waals surface area contributed by atoms with Crippen molar-refractivity contribution in [3.63, 3.8) is 0 Å². The fourth-order valence-corrected chi connectivity index (χ4v) is 1.43. The summed E-state index contributed by atoms with van der Waals surface area (Å²) in [6.45, 7) is 10.8. The van der Waals surface area contributed by atoms with Crippen LogP contribution in [-0.2, 0) is 37.5 Å². The van der Waals surface area contributed by atoms with Crippen LogP contribution in [-0.4, -0.2) is 6.29 Å². The predicted octanol–water partition coefficient (Wildman–Crippen LogP) is 3.34. The van der Waals surface area contributed by atoms with Crippen molar-refractivity contribution in [2.24, 2.45) is 23.7 Å². The smallest absolute Gasteiger partial charge is 0.122 e. The molecular weight excluding hydrogens is 249 g/mol. The Kier molecular flexibility index (Phi) is 11.1. The van der Waals surface area contributed by atoms with Crippen LogP contribution < -0.4 is 0 Å². The van der Waals surface area contributed by atoms with Crippen molar-refractivity contribution in [2.75, 3.05) is 0 Å². The Balaban J connectivity index is 0. The SMILES string of the molecule is CCC(C)[CH-]C(C)C(C)C(C)C=O.[Y]. The van der Waals surface area contributed by atoms with Gasteiger partial charge < -0.3 is 11.2 Å². The van der Waals surface area contributed by atoms with Gasteiger partial charge in [0.25, 0.3) is 0 Å². The molecular formula is C12H23OY-. The summed E-state index contributed by atoms with van der Waals surface area (Å²) in [5, 5.41) is 0. The van der Waals surface area contributed by atoms with Gasteiger partial charge >= 0.3 is 0 Å². The van der Waals surface area contributed by atoms with E-state index < -0.39 is 0 Å². The van der Waals surface area contributed by atoms with Crippen molar-refractivity contribution < 1.29 is 37.5 Å². The van der Waals surface area contributed by atoms with Crippen LogP contribution in [0.1, 0.15) is 41.0 Å². The minimum Gasteiger partial charge on any atom is -0.323 e. The summed E-state index contributed by atoms with van der Waals surface area (Å²) in [5.74, 6) is 1.84. The third-order valence-corrected chi connectivity index (χ3v) is 3.15. The van der Waals surface area contributed by atoms with E-state index in [0.717, 1.165) is 6.29 Å². The summed E-state index contributed by atoms with van der Waals surface area (Å²) in [6, 6.07) is 0. The van der Waals surface area contributed by atoms with Gasteiger partial charge in [-0.25, -0.2) is 0 Å². The second-order valence-corrected chi connectivity index (χ2v) is 4.29. The van der Waals surface area contributed by atoms with Gasteiger partial charge in [-0.3, -0.25) is 0 Å². The largest absolute Gasteiger partial charge is 0.323 e. The quantitative estimate of drug-likeness (QED) is 0.535. The zero-order chi connectivity index (χ0) is 10.4. The molecule has 0 aliphatic rings. The summed E-state index contributed by atoms with van der Waals surface area (Å²) >= 11 is 0. The standard InChI is InChI=1S/C12H23O.Y/c1-6-9(2)7-10(3)12(5)11(4)8-13;/h7-12H,6H2,1-5H3;/q-1;. The van der Waals surface area contributed by atoms with Crippen molar-refractivity contribution in [2.45, 2.75) is 41.0 Å². The Bertz CT molecular complexity index is 147. The number of hydrogen-bond acceptors (Lipinski definition) is 1. The molecule has 0 aliphatic carbocycles. The first-order valence-corrected chi connectivity index (χ1v) is 5.33. The fraction of sp³-hybridized carbons (Fsp3) is 0.833. The van der Waals surface area contributed by atoms with Crippen molar-refractivity contribution in [3.05, 3.63) is 6.42 Å². The molecule has 2 heteroatoms. The molecule has 0 amide bonds.